The molecule has 4 aromatic rings. The fourth-order valence-corrected chi connectivity index (χ4v) is 4.59. The molecule has 1 unspecified atom stereocenters. The van der Waals surface area contributed by atoms with Crippen molar-refractivity contribution < 1.29 is 26.6 Å². The Labute approximate surface area is 197 Å². The Hall–Kier alpha value is -3.27. The number of rotatable bonds is 9. The first kappa shape index (κ1) is 23.9. The molecule has 2 aromatic heterocycles. The number of ether oxygens (including phenoxy) is 2. The van der Waals surface area contributed by atoms with E-state index in [4.69, 9.17) is 13.8 Å². The fourth-order valence-electron chi connectivity index (χ4n) is 3.63. The third kappa shape index (κ3) is 4.96. The first-order chi connectivity index (χ1) is 16.3. The van der Waals surface area contributed by atoms with Crippen molar-refractivity contribution in [3.05, 3.63) is 95.1 Å². The summed E-state index contributed by atoms with van der Waals surface area (Å²) in [6.07, 6.45) is 1.34. The van der Waals surface area contributed by atoms with E-state index in [9.17, 15) is 12.8 Å². The maximum Gasteiger partial charge on any atom is 0.357 e. The highest BCUT2D eigenvalue weighted by Gasteiger charge is 2.24. The standard InChI is InChI=1S/C25H25FN2O5S/c1-17-18(2)28(33-34(29,30)22-7-5-4-6-8-22)25-20(13-14-27-24(17)25)15-23(31-3)32-16-19-9-11-21(26)12-10-19/h4-14,23H,15-16H2,1-3H3. The highest BCUT2D eigenvalue weighted by atomic mass is 32.2. The van der Waals surface area contributed by atoms with Crippen LogP contribution in [-0.2, 0) is 32.6 Å². The van der Waals surface area contributed by atoms with E-state index in [1.165, 1.54) is 36.1 Å². The van der Waals surface area contributed by atoms with Gasteiger partial charge in [-0.2, -0.15) is 13.1 Å². The highest BCUT2D eigenvalue weighted by molar-refractivity contribution is 7.87. The minimum Gasteiger partial charge on any atom is -0.356 e. The molecule has 4 rings (SSSR count). The largest absolute Gasteiger partial charge is 0.357 e. The Morgan fingerprint density at radius 3 is 2.41 bits per heavy atom. The molecule has 0 saturated heterocycles. The van der Waals surface area contributed by atoms with Crippen LogP contribution in [0.1, 0.15) is 22.4 Å². The molecule has 0 amide bonds. The van der Waals surface area contributed by atoms with Gasteiger partial charge in [0.05, 0.1) is 17.8 Å². The summed E-state index contributed by atoms with van der Waals surface area (Å²) >= 11 is 0. The van der Waals surface area contributed by atoms with E-state index >= 15 is 0 Å². The molecule has 2 heterocycles. The van der Waals surface area contributed by atoms with Gasteiger partial charge in [0.25, 0.3) is 0 Å². The van der Waals surface area contributed by atoms with Crippen LogP contribution in [0.15, 0.2) is 71.8 Å². The van der Waals surface area contributed by atoms with Crippen LogP contribution in [0.2, 0.25) is 0 Å². The average Bonchev–Trinajstić information content (AvgIpc) is 3.08. The predicted molar refractivity (Wildman–Crippen MR) is 125 cm³/mol. The van der Waals surface area contributed by atoms with Gasteiger partial charge < -0.3 is 9.47 Å². The van der Waals surface area contributed by atoms with Gasteiger partial charge in [-0.1, -0.05) is 30.3 Å². The van der Waals surface area contributed by atoms with Gasteiger partial charge in [-0.3, -0.25) is 9.27 Å². The molecular weight excluding hydrogens is 459 g/mol. The molecule has 9 heteroatoms. The predicted octanol–water partition coefficient (Wildman–Crippen LogP) is 4.34. The van der Waals surface area contributed by atoms with Crippen LogP contribution in [0.4, 0.5) is 4.39 Å². The monoisotopic (exact) mass is 484 g/mol. The van der Waals surface area contributed by atoms with Gasteiger partial charge in [0.2, 0.25) is 0 Å². The van der Waals surface area contributed by atoms with E-state index in [-0.39, 0.29) is 17.3 Å². The summed E-state index contributed by atoms with van der Waals surface area (Å²) in [7, 11) is -2.55. The smallest absolute Gasteiger partial charge is 0.356 e. The summed E-state index contributed by atoms with van der Waals surface area (Å²) in [5.74, 6) is -0.317. The maximum absolute atomic E-state index is 13.2. The van der Waals surface area contributed by atoms with Crippen molar-refractivity contribution in [2.24, 2.45) is 0 Å². The van der Waals surface area contributed by atoms with E-state index in [1.807, 2.05) is 6.92 Å². The van der Waals surface area contributed by atoms with Crippen LogP contribution in [0.5, 0.6) is 0 Å². The molecule has 0 aliphatic heterocycles. The van der Waals surface area contributed by atoms with Gasteiger partial charge in [-0.05, 0) is 60.9 Å². The van der Waals surface area contributed by atoms with Gasteiger partial charge in [0.15, 0.2) is 6.29 Å². The molecule has 34 heavy (non-hydrogen) atoms. The minimum atomic E-state index is -4.07. The summed E-state index contributed by atoms with van der Waals surface area (Å²) in [5.41, 5.74) is 4.14. The number of halogens is 1. The van der Waals surface area contributed by atoms with E-state index in [0.717, 1.165) is 16.7 Å². The molecule has 2 aromatic carbocycles. The third-order valence-corrected chi connectivity index (χ3v) is 6.81. The molecule has 0 fully saturated rings. The van der Waals surface area contributed by atoms with Crippen LogP contribution in [-0.4, -0.2) is 31.5 Å². The summed E-state index contributed by atoms with van der Waals surface area (Å²) in [6.45, 7) is 3.87. The number of hydrogen-bond acceptors (Lipinski definition) is 6. The molecule has 0 spiro atoms. The summed E-state index contributed by atoms with van der Waals surface area (Å²) in [6, 6.07) is 15.8. The molecule has 0 saturated carbocycles. The molecule has 0 aliphatic rings. The molecular formula is C25H25FN2O5S. The molecule has 0 bridgehead atoms. The minimum absolute atomic E-state index is 0.0525. The molecule has 0 radical (unpaired) electrons. The van der Waals surface area contributed by atoms with Gasteiger partial charge in [-0.25, -0.2) is 4.39 Å². The summed E-state index contributed by atoms with van der Waals surface area (Å²) in [4.78, 5) is 4.50. The number of aromatic nitrogens is 2. The van der Waals surface area contributed by atoms with Crippen molar-refractivity contribution in [3.8, 4) is 0 Å². The number of pyridine rings is 1. The van der Waals surface area contributed by atoms with Gasteiger partial charge in [0.1, 0.15) is 16.2 Å². The number of methoxy groups -OCH3 is 1. The van der Waals surface area contributed by atoms with E-state index in [0.29, 0.717) is 23.1 Å². The lowest BCUT2D eigenvalue weighted by molar-refractivity contribution is -0.130. The Kier molecular flexibility index (Phi) is 6.97. The van der Waals surface area contributed by atoms with Gasteiger partial charge in [0, 0.05) is 19.7 Å². The number of hydrogen-bond donors (Lipinski definition) is 0. The number of benzene rings is 2. The fraction of sp³-hybridized carbons (Fsp3) is 0.240. The Bertz CT molecular complexity index is 1390. The van der Waals surface area contributed by atoms with Crippen LogP contribution in [0.25, 0.3) is 11.0 Å². The maximum atomic E-state index is 13.2. The summed E-state index contributed by atoms with van der Waals surface area (Å²) in [5, 5.41) is 0. The number of aryl methyl sites for hydroxylation is 1. The molecule has 178 valence electrons. The third-order valence-electron chi connectivity index (χ3n) is 5.62. The van der Waals surface area contributed by atoms with Crippen LogP contribution in [0, 0.1) is 19.7 Å². The molecule has 0 N–H and O–H groups in total. The molecule has 7 nitrogen and oxygen atoms in total. The second kappa shape index (κ2) is 9.92. The van der Waals surface area contributed by atoms with E-state index < -0.39 is 16.4 Å². The molecule has 0 aliphatic carbocycles. The topological polar surface area (TPSA) is 79.7 Å². The Morgan fingerprint density at radius 1 is 1.03 bits per heavy atom. The quantitative estimate of drug-likeness (QED) is 0.329. The highest BCUT2D eigenvalue weighted by Crippen LogP contribution is 2.28. The van der Waals surface area contributed by atoms with Crippen LogP contribution in [0.3, 0.4) is 0 Å². The van der Waals surface area contributed by atoms with Crippen molar-refractivity contribution in [1.29, 1.82) is 0 Å². The zero-order chi connectivity index (χ0) is 24.3. The lowest BCUT2D eigenvalue weighted by Gasteiger charge is -2.18. The second-order valence-electron chi connectivity index (χ2n) is 7.82. The Balaban J connectivity index is 1.65. The van der Waals surface area contributed by atoms with Crippen molar-refractivity contribution in [2.75, 3.05) is 7.11 Å². The van der Waals surface area contributed by atoms with Crippen LogP contribution >= 0.6 is 0 Å². The normalized spacial score (nSPS) is 12.7. The zero-order valence-corrected chi connectivity index (χ0v) is 19.9. The van der Waals surface area contributed by atoms with E-state index in [2.05, 4.69) is 4.98 Å². The summed E-state index contributed by atoms with van der Waals surface area (Å²) < 4.78 is 57.3. The van der Waals surface area contributed by atoms with E-state index in [1.54, 1.807) is 49.5 Å². The Morgan fingerprint density at radius 2 is 1.74 bits per heavy atom. The lowest BCUT2D eigenvalue weighted by atomic mass is 10.1. The second-order valence-corrected chi connectivity index (χ2v) is 9.35. The van der Waals surface area contributed by atoms with Crippen LogP contribution < -0.4 is 4.28 Å². The SMILES string of the molecule is COC(Cc1ccnc2c(C)c(C)n(OS(=O)(=O)c3ccccc3)c12)OCc1ccc(F)cc1. The average molecular weight is 485 g/mol. The van der Waals surface area contributed by atoms with Crippen molar-refractivity contribution >= 4 is 21.2 Å². The number of fused-ring (bicyclic) bond motifs is 1. The van der Waals surface area contributed by atoms with Gasteiger partial charge >= 0.3 is 10.1 Å². The zero-order valence-electron chi connectivity index (χ0n) is 19.1. The first-order valence-electron chi connectivity index (χ1n) is 10.6. The lowest BCUT2D eigenvalue weighted by Crippen LogP contribution is -2.23. The van der Waals surface area contributed by atoms with Crippen molar-refractivity contribution in [2.45, 2.75) is 38.1 Å². The van der Waals surface area contributed by atoms with Crippen molar-refractivity contribution in [1.82, 2.24) is 9.71 Å². The molecule has 1 atom stereocenters. The van der Waals surface area contributed by atoms with Gasteiger partial charge in [-0.15, -0.1) is 0 Å². The first-order valence-corrected chi connectivity index (χ1v) is 12.1. The van der Waals surface area contributed by atoms with Crippen molar-refractivity contribution in [3.63, 3.8) is 0 Å². The number of nitrogens with zero attached hydrogens (tertiary/aromatic N) is 2.